The molecule has 0 radical (unpaired) electrons. The zero-order valence-corrected chi connectivity index (χ0v) is 7.59. The predicted molar refractivity (Wildman–Crippen MR) is 46.5 cm³/mol. The molecule has 1 aromatic carbocycles. The Morgan fingerprint density at radius 3 is 2.40 bits per heavy atom. The van der Waals surface area contributed by atoms with Gasteiger partial charge in [-0.2, -0.15) is 8.78 Å². The SMILES string of the molecule is O=Cc1ccccc1CC(F)(F)C(F)F. The van der Waals surface area contributed by atoms with Crippen molar-refractivity contribution >= 4 is 6.29 Å². The fraction of sp³-hybridized carbons (Fsp3) is 0.300. The Kier molecular flexibility index (Phi) is 3.44. The van der Waals surface area contributed by atoms with E-state index in [9.17, 15) is 22.4 Å². The fourth-order valence-corrected chi connectivity index (χ4v) is 1.14. The van der Waals surface area contributed by atoms with Crippen molar-refractivity contribution in [2.45, 2.75) is 18.8 Å². The Hall–Kier alpha value is -1.39. The standard InChI is InChI=1S/C10H8F4O/c11-9(12)10(13,14)5-7-3-1-2-4-8(7)6-15/h1-4,6,9H,5H2. The molecule has 0 atom stereocenters. The van der Waals surface area contributed by atoms with Gasteiger partial charge in [0.2, 0.25) is 0 Å². The number of alkyl halides is 4. The summed E-state index contributed by atoms with van der Waals surface area (Å²) in [5.74, 6) is -4.10. The highest BCUT2D eigenvalue weighted by atomic mass is 19.3. The van der Waals surface area contributed by atoms with Crippen molar-refractivity contribution in [1.82, 2.24) is 0 Å². The van der Waals surface area contributed by atoms with Crippen LogP contribution in [0, 0.1) is 0 Å². The largest absolute Gasteiger partial charge is 0.311 e. The average Bonchev–Trinajstić information content (AvgIpc) is 2.18. The molecule has 0 unspecified atom stereocenters. The fourth-order valence-electron chi connectivity index (χ4n) is 1.14. The lowest BCUT2D eigenvalue weighted by molar-refractivity contribution is -0.127. The molecule has 1 aromatic rings. The first kappa shape index (κ1) is 11.7. The second-order valence-corrected chi connectivity index (χ2v) is 3.06. The second kappa shape index (κ2) is 4.42. The molecule has 0 fully saturated rings. The number of rotatable bonds is 4. The van der Waals surface area contributed by atoms with Gasteiger partial charge in [-0.1, -0.05) is 24.3 Å². The zero-order valence-electron chi connectivity index (χ0n) is 7.59. The van der Waals surface area contributed by atoms with Gasteiger partial charge >= 0.3 is 12.3 Å². The molecule has 0 amide bonds. The van der Waals surface area contributed by atoms with E-state index in [2.05, 4.69) is 0 Å². The van der Waals surface area contributed by atoms with Crippen molar-refractivity contribution in [2.75, 3.05) is 0 Å². The Morgan fingerprint density at radius 1 is 1.27 bits per heavy atom. The van der Waals surface area contributed by atoms with E-state index in [4.69, 9.17) is 0 Å². The molecule has 0 aliphatic carbocycles. The summed E-state index contributed by atoms with van der Waals surface area (Å²) in [6.45, 7) is 0. The van der Waals surface area contributed by atoms with E-state index in [0.717, 1.165) is 0 Å². The van der Waals surface area contributed by atoms with Crippen LogP contribution in [0.1, 0.15) is 15.9 Å². The molecule has 0 saturated carbocycles. The van der Waals surface area contributed by atoms with Crippen molar-refractivity contribution in [3.8, 4) is 0 Å². The lowest BCUT2D eigenvalue weighted by atomic mass is 10.0. The van der Waals surface area contributed by atoms with Gasteiger partial charge in [0, 0.05) is 12.0 Å². The molecule has 0 saturated heterocycles. The lowest BCUT2D eigenvalue weighted by Crippen LogP contribution is -2.29. The number of aldehydes is 1. The van der Waals surface area contributed by atoms with Gasteiger partial charge in [-0.25, -0.2) is 8.78 Å². The summed E-state index contributed by atoms with van der Waals surface area (Å²) in [7, 11) is 0. The van der Waals surface area contributed by atoms with E-state index < -0.39 is 18.8 Å². The summed E-state index contributed by atoms with van der Waals surface area (Å²) in [5, 5.41) is 0. The van der Waals surface area contributed by atoms with E-state index in [1.165, 1.54) is 24.3 Å². The van der Waals surface area contributed by atoms with E-state index in [0.29, 0.717) is 6.29 Å². The van der Waals surface area contributed by atoms with Crippen LogP contribution in [0.15, 0.2) is 24.3 Å². The van der Waals surface area contributed by atoms with Crippen molar-refractivity contribution in [3.63, 3.8) is 0 Å². The molecule has 1 nitrogen and oxygen atoms in total. The van der Waals surface area contributed by atoms with Crippen LogP contribution in [0.25, 0.3) is 0 Å². The summed E-state index contributed by atoms with van der Waals surface area (Å²) in [6.07, 6.45) is -4.48. The molecule has 0 N–H and O–H groups in total. The van der Waals surface area contributed by atoms with Crippen molar-refractivity contribution in [2.24, 2.45) is 0 Å². The molecule has 1 rings (SSSR count). The molecule has 82 valence electrons. The molecule has 0 aliphatic heterocycles. The topological polar surface area (TPSA) is 17.1 Å². The predicted octanol–water partition coefficient (Wildman–Crippen LogP) is 2.94. The molecule has 0 bridgehead atoms. The maximum atomic E-state index is 12.7. The van der Waals surface area contributed by atoms with E-state index in [-0.39, 0.29) is 11.1 Å². The summed E-state index contributed by atoms with van der Waals surface area (Å²) >= 11 is 0. The van der Waals surface area contributed by atoms with Crippen molar-refractivity contribution in [1.29, 1.82) is 0 Å². The van der Waals surface area contributed by atoms with Gasteiger partial charge in [0.1, 0.15) is 6.29 Å². The number of hydrogen-bond acceptors (Lipinski definition) is 1. The number of carbonyl (C=O) groups is 1. The zero-order chi connectivity index (χ0) is 11.5. The monoisotopic (exact) mass is 220 g/mol. The van der Waals surface area contributed by atoms with Crippen LogP contribution in [0.5, 0.6) is 0 Å². The molecule has 5 heteroatoms. The van der Waals surface area contributed by atoms with Crippen molar-refractivity contribution in [3.05, 3.63) is 35.4 Å². The minimum absolute atomic E-state index is 0.0119. The average molecular weight is 220 g/mol. The summed E-state index contributed by atoms with van der Waals surface area (Å²) in [4.78, 5) is 10.5. The third kappa shape index (κ3) is 2.78. The van der Waals surface area contributed by atoms with E-state index in [1.807, 2.05) is 0 Å². The van der Waals surface area contributed by atoms with Gasteiger partial charge in [-0.3, -0.25) is 4.79 Å². The first-order valence-electron chi connectivity index (χ1n) is 4.16. The molecular weight excluding hydrogens is 212 g/mol. The van der Waals surface area contributed by atoms with Gasteiger partial charge in [-0.05, 0) is 5.56 Å². The van der Waals surface area contributed by atoms with Gasteiger partial charge in [-0.15, -0.1) is 0 Å². The van der Waals surface area contributed by atoms with Crippen molar-refractivity contribution < 1.29 is 22.4 Å². The second-order valence-electron chi connectivity index (χ2n) is 3.06. The first-order valence-corrected chi connectivity index (χ1v) is 4.16. The highest BCUT2D eigenvalue weighted by Gasteiger charge is 2.40. The highest BCUT2D eigenvalue weighted by Crippen LogP contribution is 2.28. The Bertz CT molecular complexity index is 349. The van der Waals surface area contributed by atoms with Crippen LogP contribution >= 0.6 is 0 Å². The van der Waals surface area contributed by atoms with Gasteiger partial charge in [0.05, 0.1) is 0 Å². The van der Waals surface area contributed by atoms with E-state index in [1.54, 1.807) is 0 Å². The van der Waals surface area contributed by atoms with Crippen LogP contribution in [-0.4, -0.2) is 18.6 Å². The smallest absolute Gasteiger partial charge is 0.298 e. The Balaban J connectivity index is 2.94. The molecule has 15 heavy (non-hydrogen) atoms. The van der Waals surface area contributed by atoms with Crippen LogP contribution in [0.3, 0.4) is 0 Å². The minimum atomic E-state index is -4.10. The number of hydrogen-bond donors (Lipinski definition) is 0. The van der Waals surface area contributed by atoms with Crippen LogP contribution < -0.4 is 0 Å². The molecular formula is C10H8F4O. The molecule has 0 aromatic heterocycles. The maximum Gasteiger partial charge on any atom is 0.311 e. The number of benzene rings is 1. The normalized spacial score (nSPS) is 11.8. The third-order valence-electron chi connectivity index (χ3n) is 1.93. The van der Waals surface area contributed by atoms with E-state index >= 15 is 0 Å². The maximum absolute atomic E-state index is 12.7. The lowest BCUT2D eigenvalue weighted by Gasteiger charge is -2.15. The summed E-state index contributed by atoms with van der Waals surface area (Å²) < 4.78 is 49.2. The quantitative estimate of drug-likeness (QED) is 0.563. The van der Waals surface area contributed by atoms with Gasteiger partial charge < -0.3 is 0 Å². The van der Waals surface area contributed by atoms with Crippen LogP contribution in [-0.2, 0) is 6.42 Å². The van der Waals surface area contributed by atoms with Gasteiger partial charge in [0.15, 0.2) is 0 Å². The first-order chi connectivity index (χ1) is 6.97. The Morgan fingerprint density at radius 2 is 1.87 bits per heavy atom. The summed E-state index contributed by atoms with van der Waals surface area (Å²) in [5.41, 5.74) is -0.0596. The van der Waals surface area contributed by atoms with Crippen LogP contribution in [0.4, 0.5) is 17.6 Å². The summed E-state index contributed by atoms with van der Waals surface area (Å²) in [6, 6.07) is 5.45. The highest BCUT2D eigenvalue weighted by molar-refractivity contribution is 5.77. The van der Waals surface area contributed by atoms with Crippen LogP contribution in [0.2, 0.25) is 0 Å². The Labute approximate surface area is 83.7 Å². The third-order valence-corrected chi connectivity index (χ3v) is 1.93. The molecule has 0 heterocycles. The number of carbonyl (C=O) groups excluding carboxylic acids is 1. The number of halogens is 4. The minimum Gasteiger partial charge on any atom is -0.298 e. The molecule has 0 spiro atoms. The van der Waals surface area contributed by atoms with Gasteiger partial charge in [0.25, 0.3) is 0 Å². The molecule has 0 aliphatic rings.